The summed E-state index contributed by atoms with van der Waals surface area (Å²) in [7, 11) is 0. The lowest BCUT2D eigenvalue weighted by molar-refractivity contribution is -0.145. The Morgan fingerprint density at radius 2 is 1.14 bits per heavy atom. The summed E-state index contributed by atoms with van der Waals surface area (Å²) in [4.78, 5) is 22.6. The van der Waals surface area contributed by atoms with Crippen LogP contribution in [0, 0.1) is 11.8 Å². The third-order valence-corrected chi connectivity index (χ3v) is 5.62. The molecule has 0 aromatic heterocycles. The summed E-state index contributed by atoms with van der Waals surface area (Å²) in [5.41, 5.74) is 0. The van der Waals surface area contributed by atoms with Crippen LogP contribution in [0.25, 0.3) is 0 Å². The Bertz CT molecular complexity index is 281. The molecule has 0 saturated heterocycles. The standard InChI is InChI=1S/C16H30O4S2/c1-3-21-11-5-7-13(15(17)18)9-10-14(16(19)20)8-6-12-22-4-2/h13-14H,3-12H2,1-2H3,(H,17,18)(H,19,20)/t13-,14+. The number of carboxylic acid groups (broad SMARTS) is 2. The third kappa shape index (κ3) is 11.2. The van der Waals surface area contributed by atoms with Crippen LogP contribution in [0.2, 0.25) is 0 Å². The van der Waals surface area contributed by atoms with E-state index in [4.69, 9.17) is 0 Å². The highest BCUT2D eigenvalue weighted by atomic mass is 32.2. The van der Waals surface area contributed by atoms with Crippen LogP contribution in [0.3, 0.4) is 0 Å². The van der Waals surface area contributed by atoms with Crippen LogP contribution < -0.4 is 0 Å². The molecule has 0 saturated carbocycles. The maximum Gasteiger partial charge on any atom is 0.306 e. The molecule has 2 N–H and O–H groups in total. The van der Waals surface area contributed by atoms with Gasteiger partial charge in [-0.05, 0) is 61.5 Å². The number of carboxylic acids is 2. The van der Waals surface area contributed by atoms with Crippen LogP contribution >= 0.6 is 23.5 Å². The van der Waals surface area contributed by atoms with E-state index in [9.17, 15) is 19.8 Å². The quantitative estimate of drug-likeness (QED) is 0.430. The van der Waals surface area contributed by atoms with Gasteiger partial charge in [-0.15, -0.1) is 0 Å². The highest BCUT2D eigenvalue weighted by molar-refractivity contribution is 7.99. The van der Waals surface area contributed by atoms with Gasteiger partial charge in [0.25, 0.3) is 0 Å². The zero-order valence-corrected chi connectivity index (χ0v) is 15.4. The molecular weight excluding hydrogens is 320 g/mol. The minimum atomic E-state index is -0.785. The molecule has 0 aliphatic carbocycles. The Morgan fingerprint density at radius 3 is 1.41 bits per heavy atom. The van der Waals surface area contributed by atoms with Crippen LogP contribution in [-0.2, 0) is 9.59 Å². The summed E-state index contributed by atoms with van der Waals surface area (Å²) in [5.74, 6) is 1.70. The molecule has 0 aromatic rings. The van der Waals surface area contributed by atoms with Gasteiger partial charge in [0.15, 0.2) is 0 Å². The first-order valence-corrected chi connectivity index (χ1v) is 10.4. The molecule has 4 nitrogen and oxygen atoms in total. The fourth-order valence-electron chi connectivity index (χ4n) is 2.34. The maximum atomic E-state index is 11.3. The zero-order chi connectivity index (χ0) is 16.8. The van der Waals surface area contributed by atoms with Gasteiger partial charge in [-0.3, -0.25) is 9.59 Å². The summed E-state index contributed by atoms with van der Waals surface area (Å²) < 4.78 is 0. The molecule has 0 rings (SSSR count). The van der Waals surface area contributed by atoms with Crippen molar-refractivity contribution in [2.75, 3.05) is 23.0 Å². The molecule has 130 valence electrons. The highest BCUT2D eigenvalue weighted by Gasteiger charge is 2.22. The Morgan fingerprint density at radius 1 is 0.773 bits per heavy atom. The van der Waals surface area contributed by atoms with Crippen LogP contribution in [0.5, 0.6) is 0 Å². The van der Waals surface area contributed by atoms with Crippen LogP contribution in [0.4, 0.5) is 0 Å². The molecule has 0 aliphatic rings. The van der Waals surface area contributed by atoms with Gasteiger partial charge in [0.2, 0.25) is 0 Å². The van der Waals surface area contributed by atoms with Gasteiger partial charge in [0.1, 0.15) is 0 Å². The maximum absolute atomic E-state index is 11.3. The number of thioether (sulfide) groups is 2. The van der Waals surface area contributed by atoms with Gasteiger partial charge in [0.05, 0.1) is 11.8 Å². The highest BCUT2D eigenvalue weighted by Crippen LogP contribution is 2.22. The fraction of sp³-hybridized carbons (Fsp3) is 0.875. The van der Waals surface area contributed by atoms with Crippen molar-refractivity contribution in [3.63, 3.8) is 0 Å². The van der Waals surface area contributed by atoms with E-state index in [0.29, 0.717) is 25.7 Å². The number of carbonyl (C=O) groups is 2. The van der Waals surface area contributed by atoms with Crippen molar-refractivity contribution in [3.05, 3.63) is 0 Å². The van der Waals surface area contributed by atoms with Gasteiger partial charge in [0, 0.05) is 0 Å². The molecule has 0 heterocycles. The van der Waals surface area contributed by atoms with E-state index in [2.05, 4.69) is 13.8 Å². The van der Waals surface area contributed by atoms with Gasteiger partial charge in [-0.1, -0.05) is 13.8 Å². The lowest BCUT2D eigenvalue weighted by Crippen LogP contribution is -2.19. The van der Waals surface area contributed by atoms with E-state index < -0.39 is 23.8 Å². The Kier molecular flexibility index (Phi) is 14.0. The monoisotopic (exact) mass is 350 g/mol. The van der Waals surface area contributed by atoms with Crippen molar-refractivity contribution in [2.45, 2.75) is 52.4 Å². The predicted octanol–water partition coefficient (Wildman–Crippen LogP) is 4.23. The molecule has 0 radical (unpaired) electrons. The summed E-state index contributed by atoms with van der Waals surface area (Å²) in [6.45, 7) is 4.18. The minimum absolute atomic E-state index is 0.399. The SMILES string of the molecule is CCSCCC[C@H](CC[C@H](CCCSCC)C(=O)O)C(=O)O. The number of rotatable bonds is 15. The second kappa shape index (κ2) is 14.2. The first kappa shape index (κ1) is 21.6. The van der Waals surface area contributed by atoms with Crippen LogP contribution in [-0.4, -0.2) is 45.2 Å². The molecule has 0 unspecified atom stereocenters. The fourth-order valence-corrected chi connectivity index (χ4v) is 3.66. The van der Waals surface area contributed by atoms with Crippen molar-refractivity contribution in [1.82, 2.24) is 0 Å². The summed E-state index contributed by atoms with van der Waals surface area (Å²) in [6.07, 6.45) is 4.04. The molecule has 0 aliphatic heterocycles. The molecule has 0 spiro atoms. The Balaban J connectivity index is 4.15. The second-order valence-electron chi connectivity index (χ2n) is 5.33. The van der Waals surface area contributed by atoms with Crippen molar-refractivity contribution in [1.29, 1.82) is 0 Å². The average Bonchev–Trinajstić information content (AvgIpc) is 2.47. The van der Waals surface area contributed by atoms with E-state index in [0.717, 1.165) is 35.9 Å². The lowest BCUT2D eigenvalue weighted by Gasteiger charge is -2.16. The summed E-state index contributed by atoms with van der Waals surface area (Å²) >= 11 is 3.63. The molecule has 0 aromatic carbocycles. The Labute approximate surface area is 142 Å². The summed E-state index contributed by atoms with van der Waals surface area (Å²) in [5, 5.41) is 18.5. The van der Waals surface area contributed by atoms with E-state index in [1.807, 2.05) is 23.5 Å². The molecule has 0 fully saturated rings. The Hall–Kier alpha value is -0.360. The minimum Gasteiger partial charge on any atom is -0.481 e. The largest absolute Gasteiger partial charge is 0.481 e. The molecular formula is C16H30O4S2. The first-order chi connectivity index (χ1) is 10.5. The van der Waals surface area contributed by atoms with E-state index >= 15 is 0 Å². The average molecular weight is 351 g/mol. The van der Waals surface area contributed by atoms with Crippen molar-refractivity contribution < 1.29 is 19.8 Å². The normalized spacial score (nSPS) is 13.7. The number of hydrogen-bond donors (Lipinski definition) is 2. The van der Waals surface area contributed by atoms with Crippen molar-refractivity contribution in [2.24, 2.45) is 11.8 Å². The van der Waals surface area contributed by atoms with Gasteiger partial charge in [-0.25, -0.2) is 0 Å². The smallest absolute Gasteiger partial charge is 0.306 e. The molecule has 2 atom stereocenters. The van der Waals surface area contributed by atoms with Crippen LogP contribution in [0.1, 0.15) is 52.4 Å². The number of aliphatic carboxylic acids is 2. The molecule has 0 amide bonds. The topological polar surface area (TPSA) is 74.6 Å². The van der Waals surface area contributed by atoms with Gasteiger partial charge >= 0.3 is 11.9 Å². The van der Waals surface area contributed by atoms with Gasteiger partial charge in [-0.2, -0.15) is 23.5 Å². The van der Waals surface area contributed by atoms with Gasteiger partial charge < -0.3 is 10.2 Å². The zero-order valence-electron chi connectivity index (χ0n) is 13.8. The predicted molar refractivity (Wildman–Crippen MR) is 96.0 cm³/mol. The van der Waals surface area contributed by atoms with Crippen molar-refractivity contribution in [3.8, 4) is 0 Å². The lowest BCUT2D eigenvalue weighted by atomic mass is 9.90. The van der Waals surface area contributed by atoms with Crippen LogP contribution in [0.15, 0.2) is 0 Å². The first-order valence-electron chi connectivity index (χ1n) is 8.13. The summed E-state index contributed by atoms with van der Waals surface area (Å²) in [6, 6.07) is 0. The van der Waals surface area contributed by atoms with E-state index in [-0.39, 0.29) is 0 Å². The molecule has 22 heavy (non-hydrogen) atoms. The van der Waals surface area contributed by atoms with Crippen molar-refractivity contribution >= 4 is 35.5 Å². The molecule has 6 heteroatoms. The van der Waals surface area contributed by atoms with E-state index in [1.165, 1.54) is 0 Å². The number of hydrogen-bond acceptors (Lipinski definition) is 4. The third-order valence-electron chi connectivity index (χ3n) is 3.65. The second-order valence-corrected chi connectivity index (χ2v) is 8.11. The van der Waals surface area contributed by atoms with E-state index in [1.54, 1.807) is 0 Å². The molecule has 0 bridgehead atoms.